The predicted molar refractivity (Wildman–Crippen MR) is 105 cm³/mol. The highest BCUT2D eigenvalue weighted by molar-refractivity contribution is 5.95. The van der Waals surface area contributed by atoms with E-state index < -0.39 is 0 Å². The lowest BCUT2D eigenvalue weighted by Gasteiger charge is -2.35. The van der Waals surface area contributed by atoms with Gasteiger partial charge in [-0.2, -0.15) is 4.98 Å². The number of aromatic nitrogens is 2. The average molecular weight is 353 g/mol. The van der Waals surface area contributed by atoms with E-state index in [2.05, 4.69) is 20.9 Å². The molecule has 0 N–H and O–H groups in total. The number of hydrogen-bond donors (Lipinski definition) is 0. The van der Waals surface area contributed by atoms with E-state index in [0.717, 1.165) is 41.7 Å². The van der Waals surface area contributed by atoms with Crippen LogP contribution < -0.4 is 9.80 Å². The molecule has 26 heavy (non-hydrogen) atoms. The summed E-state index contributed by atoms with van der Waals surface area (Å²) < 4.78 is 0. The summed E-state index contributed by atoms with van der Waals surface area (Å²) >= 11 is 0. The largest absolute Gasteiger partial charge is 0.363 e. The van der Waals surface area contributed by atoms with Crippen LogP contribution in [0.15, 0.2) is 24.3 Å². The van der Waals surface area contributed by atoms with E-state index in [-0.39, 0.29) is 5.91 Å². The van der Waals surface area contributed by atoms with E-state index in [0.29, 0.717) is 13.1 Å². The molecule has 0 bridgehead atoms. The number of amides is 1. The Balaban J connectivity index is 1.70. The van der Waals surface area contributed by atoms with Gasteiger partial charge in [-0.1, -0.05) is 17.7 Å². The SMILES string of the molecule is Cc1ccc(C(=O)N2CCN(c3nc(C)cc(N(C)C)n3)CC2)c(C)c1. The quantitative estimate of drug-likeness (QED) is 0.848. The summed E-state index contributed by atoms with van der Waals surface area (Å²) in [6.07, 6.45) is 0. The minimum absolute atomic E-state index is 0.112. The smallest absolute Gasteiger partial charge is 0.254 e. The van der Waals surface area contributed by atoms with Crippen LogP contribution in [0.2, 0.25) is 0 Å². The molecule has 2 aromatic rings. The van der Waals surface area contributed by atoms with Gasteiger partial charge in [-0.05, 0) is 32.4 Å². The third-order valence-corrected chi connectivity index (χ3v) is 4.75. The van der Waals surface area contributed by atoms with Gasteiger partial charge in [0.15, 0.2) is 0 Å². The van der Waals surface area contributed by atoms with Crippen LogP contribution in [0.4, 0.5) is 11.8 Å². The molecule has 1 fully saturated rings. The zero-order valence-corrected chi connectivity index (χ0v) is 16.3. The van der Waals surface area contributed by atoms with E-state index in [4.69, 9.17) is 0 Å². The molecule has 1 aromatic heterocycles. The van der Waals surface area contributed by atoms with Gasteiger partial charge < -0.3 is 14.7 Å². The first-order valence-corrected chi connectivity index (χ1v) is 8.99. The second-order valence-corrected chi connectivity index (χ2v) is 7.16. The molecule has 1 saturated heterocycles. The Morgan fingerprint density at radius 2 is 1.69 bits per heavy atom. The molecule has 0 radical (unpaired) electrons. The Kier molecular flexibility index (Phi) is 5.11. The first kappa shape index (κ1) is 18.2. The number of aryl methyl sites for hydroxylation is 3. The number of hydrogen-bond acceptors (Lipinski definition) is 5. The third kappa shape index (κ3) is 3.79. The predicted octanol–water partition coefficient (Wildman–Crippen LogP) is 2.43. The van der Waals surface area contributed by atoms with Crippen molar-refractivity contribution in [3.05, 3.63) is 46.6 Å². The fraction of sp³-hybridized carbons (Fsp3) is 0.450. The molecular formula is C20H27N5O. The van der Waals surface area contributed by atoms with Gasteiger partial charge in [0.1, 0.15) is 5.82 Å². The minimum atomic E-state index is 0.112. The molecule has 0 unspecified atom stereocenters. The Hall–Kier alpha value is -2.63. The van der Waals surface area contributed by atoms with E-state index >= 15 is 0 Å². The molecule has 1 aliphatic heterocycles. The van der Waals surface area contributed by atoms with Gasteiger partial charge >= 0.3 is 0 Å². The van der Waals surface area contributed by atoms with E-state index in [9.17, 15) is 4.79 Å². The fourth-order valence-corrected chi connectivity index (χ4v) is 3.24. The van der Waals surface area contributed by atoms with Crippen LogP contribution in [0.25, 0.3) is 0 Å². The van der Waals surface area contributed by atoms with E-state index in [1.165, 1.54) is 5.56 Å². The van der Waals surface area contributed by atoms with Gasteiger partial charge in [-0.3, -0.25) is 4.79 Å². The van der Waals surface area contributed by atoms with Crippen molar-refractivity contribution >= 4 is 17.7 Å². The molecule has 0 aliphatic carbocycles. The molecule has 0 spiro atoms. The molecule has 0 atom stereocenters. The highest BCUT2D eigenvalue weighted by Crippen LogP contribution is 2.19. The lowest BCUT2D eigenvalue weighted by atomic mass is 10.0. The van der Waals surface area contributed by atoms with Gasteiger partial charge in [-0.15, -0.1) is 0 Å². The number of benzene rings is 1. The standard InChI is InChI=1S/C20H27N5O/c1-14-6-7-17(15(2)12-14)19(26)24-8-10-25(11-9-24)20-21-16(3)13-18(22-20)23(4)5/h6-7,12-13H,8-11H2,1-5H3. The van der Waals surface area contributed by atoms with Gasteiger partial charge in [0.25, 0.3) is 5.91 Å². The maximum Gasteiger partial charge on any atom is 0.254 e. The van der Waals surface area contributed by atoms with Crippen molar-refractivity contribution in [2.75, 3.05) is 50.1 Å². The number of carbonyl (C=O) groups excluding carboxylic acids is 1. The van der Waals surface area contributed by atoms with Gasteiger partial charge in [0.2, 0.25) is 5.95 Å². The summed E-state index contributed by atoms with van der Waals surface area (Å²) in [7, 11) is 3.96. The van der Waals surface area contributed by atoms with Crippen LogP contribution in [-0.2, 0) is 0 Å². The summed E-state index contributed by atoms with van der Waals surface area (Å²) in [5, 5.41) is 0. The van der Waals surface area contributed by atoms with Crippen LogP contribution in [0.3, 0.4) is 0 Å². The van der Waals surface area contributed by atoms with E-state index in [1.54, 1.807) is 0 Å². The zero-order valence-electron chi connectivity index (χ0n) is 16.3. The third-order valence-electron chi connectivity index (χ3n) is 4.75. The molecule has 6 nitrogen and oxygen atoms in total. The topological polar surface area (TPSA) is 52.6 Å². The Bertz CT molecular complexity index is 810. The Labute approximate surface area is 155 Å². The fourth-order valence-electron chi connectivity index (χ4n) is 3.24. The molecule has 1 aliphatic rings. The lowest BCUT2D eigenvalue weighted by molar-refractivity contribution is 0.0745. The average Bonchev–Trinajstić information content (AvgIpc) is 2.61. The van der Waals surface area contributed by atoms with Crippen molar-refractivity contribution in [3.8, 4) is 0 Å². The second-order valence-electron chi connectivity index (χ2n) is 7.16. The molecule has 138 valence electrons. The second kappa shape index (κ2) is 7.32. The molecule has 2 heterocycles. The first-order valence-electron chi connectivity index (χ1n) is 8.99. The van der Waals surface area contributed by atoms with Crippen molar-refractivity contribution in [1.29, 1.82) is 0 Å². The summed E-state index contributed by atoms with van der Waals surface area (Å²) in [5.74, 6) is 1.76. The number of anilines is 2. The van der Waals surface area contributed by atoms with Crippen molar-refractivity contribution in [1.82, 2.24) is 14.9 Å². The molecule has 3 rings (SSSR count). The number of rotatable bonds is 3. The lowest BCUT2D eigenvalue weighted by Crippen LogP contribution is -2.49. The summed E-state index contributed by atoms with van der Waals surface area (Å²) in [6.45, 7) is 8.88. The van der Waals surface area contributed by atoms with Crippen molar-refractivity contribution in [2.45, 2.75) is 20.8 Å². The summed E-state index contributed by atoms with van der Waals surface area (Å²) in [6, 6.07) is 7.97. The van der Waals surface area contributed by atoms with Crippen LogP contribution in [0.5, 0.6) is 0 Å². The Morgan fingerprint density at radius 1 is 1.00 bits per heavy atom. The number of piperazine rings is 1. The summed E-state index contributed by atoms with van der Waals surface area (Å²) in [5.41, 5.74) is 3.96. The first-order chi connectivity index (χ1) is 12.3. The molecule has 0 saturated carbocycles. The highest BCUT2D eigenvalue weighted by Gasteiger charge is 2.24. The molecule has 6 heteroatoms. The van der Waals surface area contributed by atoms with Crippen molar-refractivity contribution in [2.24, 2.45) is 0 Å². The zero-order chi connectivity index (χ0) is 18.8. The number of nitrogens with zero attached hydrogens (tertiary/aromatic N) is 5. The Morgan fingerprint density at radius 3 is 2.31 bits per heavy atom. The normalized spacial score (nSPS) is 14.5. The summed E-state index contributed by atoms with van der Waals surface area (Å²) in [4.78, 5) is 28.1. The van der Waals surface area contributed by atoms with E-state index in [1.807, 2.05) is 62.9 Å². The van der Waals surface area contributed by atoms with Gasteiger partial charge in [-0.25, -0.2) is 4.98 Å². The highest BCUT2D eigenvalue weighted by atomic mass is 16.2. The minimum Gasteiger partial charge on any atom is -0.363 e. The molecule has 1 amide bonds. The van der Waals surface area contributed by atoms with Crippen LogP contribution in [0, 0.1) is 20.8 Å². The molecule has 1 aromatic carbocycles. The maximum atomic E-state index is 12.8. The maximum absolute atomic E-state index is 12.8. The van der Waals surface area contributed by atoms with Crippen LogP contribution in [0.1, 0.15) is 27.2 Å². The molecular weight excluding hydrogens is 326 g/mol. The van der Waals surface area contributed by atoms with Crippen LogP contribution >= 0.6 is 0 Å². The van der Waals surface area contributed by atoms with Crippen LogP contribution in [-0.4, -0.2) is 61.0 Å². The van der Waals surface area contributed by atoms with Crippen molar-refractivity contribution in [3.63, 3.8) is 0 Å². The van der Waals surface area contributed by atoms with Crippen molar-refractivity contribution < 1.29 is 4.79 Å². The number of carbonyl (C=O) groups is 1. The van der Waals surface area contributed by atoms with Gasteiger partial charge in [0, 0.05) is 57.6 Å². The monoisotopic (exact) mass is 353 g/mol. The van der Waals surface area contributed by atoms with Gasteiger partial charge in [0.05, 0.1) is 0 Å².